The quantitative estimate of drug-likeness (QED) is 0.136. The molecule has 50 heavy (non-hydrogen) atoms. The van der Waals surface area contributed by atoms with Crippen molar-refractivity contribution in [2.45, 2.75) is 151 Å². The largest absolute Gasteiger partial charge is 0.458 e. The number of aliphatic hydroxyl groups excluding tert-OH is 6. The van der Waals surface area contributed by atoms with Crippen LogP contribution >= 0.6 is 0 Å². The zero-order valence-corrected chi connectivity index (χ0v) is 29.4. The summed E-state index contributed by atoms with van der Waals surface area (Å²) in [5, 5.41) is 77.9. The predicted molar refractivity (Wildman–Crippen MR) is 172 cm³/mol. The van der Waals surface area contributed by atoms with Crippen LogP contribution in [0.2, 0.25) is 0 Å². The van der Waals surface area contributed by atoms with E-state index in [1.165, 1.54) is 7.11 Å². The number of esters is 1. The minimum Gasteiger partial charge on any atom is -0.458 e. The fraction of sp³-hybridized carbons (Fsp3) is 0.917. The van der Waals surface area contributed by atoms with Crippen molar-refractivity contribution in [3.63, 3.8) is 0 Å². The van der Waals surface area contributed by atoms with Gasteiger partial charge < -0.3 is 64.2 Å². The van der Waals surface area contributed by atoms with Crippen LogP contribution in [0.3, 0.4) is 0 Å². The van der Waals surface area contributed by atoms with E-state index in [0.29, 0.717) is 19.4 Å². The number of methoxy groups -OCH3 is 1. The Morgan fingerprint density at radius 3 is 2.28 bits per heavy atom. The Kier molecular flexibility index (Phi) is 10.0. The predicted octanol–water partition coefficient (Wildman–Crippen LogP) is -0.0948. The molecule has 3 aliphatic heterocycles. The van der Waals surface area contributed by atoms with Gasteiger partial charge in [-0.25, -0.2) is 4.79 Å². The Labute approximate surface area is 292 Å². The number of aliphatic hydroxyl groups is 7. The SMILES string of the molecule is CO[C@@H]1[C@H](O)[C@H](O[C@H]2[C@@H](O)[C@@H](O)[C@H](O[C@@H]3C[C@H]4CC[C@@H]5[C@H](CC[C@]6(C)[C@@H](C7=CC(=O)OC7)CC[C@]56O)[C@@]4(C)[C@H](O)C3)O[C@H]2CO)O[C@@H](C)[C@H]1O. The van der Waals surface area contributed by atoms with Gasteiger partial charge in [-0.1, -0.05) is 13.8 Å². The van der Waals surface area contributed by atoms with Gasteiger partial charge in [-0.3, -0.25) is 0 Å². The molecule has 3 heterocycles. The molecule has 0 aromatic rings. The first-order chi connectivity index (χ1) is 23.7. The summed E-state index contributed by atoms with van der Waals surface area (Å²) in [6, 6.07) is 0. The third-order valence-electron chi connectivity index (χ3n) is 14.5. The van der Waals surface area contributed by atoms with E-state index < -0.39 is 91.2 Å². The first-order valence-electron chi connectivity index (χ1n) is 18.4. The molecule has 7 rings (SSSR count). The average molecular weight is 713 g/mol. The average Bonchev–Trinajstić information content (AvgIpc) is 3.63. The minimum absolute atomic E-state index is 0.0104. The zero-order valence-electron chi connectivity index (χ0n) is 29.4. The van der Waals surface area contributed by atoms with Crippen molar-refractivity contribution in [2.75, 3.05) is 20.3 Å². The van der Waals surface area contributed by atoms with E-state index in [0.717, 1.165) is 37.7 Å². The van der Waals surface area contributed by atoms with Crippen molar-refractivity contribution in [3.05, 3.63) is 11.6 Å². The van der Waals surface area contributed by atoms with Gasteiger partial charge >= 0.3 is 5.97 Å². The van der Waals surface area contributed by atoms with Gasteiger partial charge in [0.05, 0.1) is 30.5 Å². The van der Waals surface area contributed by atoms with Gasteiger partial charge in [-0.2, -0.15) is 0 Å². The van der Waals surface area contributed by atoms with Gasteiger partial charge in [0, 0.05) is 25.0 Å². The molecule has 4 aliphatic carbocycles. The minimum atomic E-state index is -1.59. The molecule has 0 bridgehead atoms. The third-order valence-corrected chi connectivity index (χ3v) is 14.5. The molecule has 284 valence electrons. The molecular weight excluding hydrogens is 656 g/mol. The van der Waals surface area contributed by atoms with Crippen LogP contribution < -0.4 is 0 Å². The molecule has 0 amide bonds. The molecule has 0 aromatic heterocycles. The van der Waals surface area contributed by atoms with E-state index in [1.54, 1.807) is 13.0 Å². The highest BCUT2D eigenvalue weighted by Gasteiger charge is 2.69. The van der Waals surface area contributed by atoms with Crippen LogP contribution in [0, 0.1) is 34.5 Å². The van der Waals surface area contributed by atoms with E-state index in [4.69, 9.17) is 28.4 Å². The highest BCUT2D eigenvalue weighted by Crippen LogP contribution is 2.70. The van der Waals surface area contributed by atoms with Crippen LogP contribution in [-0.2, 0) is 33.2 Å². The van der Waals surface area contributed by atoms with Gasteiger partial charge in [0.15, 0.2) is 12.6 Å². The summed E-state index contributed by atoms with van der Waals surface area (Å²) < 4.78 is 34.2. The number of hydrogen-bond donors (Lipinski definition) is 7. The highest BCUT2D eigenvalue weighted by molar-refractivity contribution is 5.85. The van der Waals surface area contributed by atoms with Crippen molar-refractivity contribution in [3.8, 4) is 0 Å². The molecule has 7 N–H and O–H groups in total. The maximum Gasteiger partial charge on any atom is 0.331 e. The zero-order chi connectivity index (χ0) is 35.9. The lowest BCUT2D eigenvalue weighted by molar-refractivity contribution is -0.363. The van der Waals surface area contributed by atoms with Crippen molar-refractivity contribution < 1.29 is 69.0 Å². The standard InChI is InChI=1S/C36H56O14/c1-16-26(40)31(45-4)29(43)33(47-16)50-30-23(14-37)49-32(28(42)27(30)41)48-19-12-18-5-6-22-21(35(18,3)24(38)13-19)7-9-34(2)20(8-10-36(22,34)44)17-11-25(39)46-15-17/h11,16,18-24,26-33,37-38,40-44H,5-10,12-15H2,1-4H3/t16-,18+,19+,20+,21-,22+,23-,24+,26+,27-,28+,29-,30+,31-,32+,33-,34+,35-,36-/m0/s1. The lowest BCUT2D eigenvalue weighted by Crippen LogP contribution is -2.66. The Bertz CT molecular complexity index is 1300. The van der Waals surface area contributed by atoms with E-state index in [2.05, 4.69) is 13.8 Å². The molecule has 4 saturated carbocycles. The second-order valence-electron chi connectivity index (χ2n) is 16.6. The number of carbonyl (C=O) groups is 1. The Hall–Kier alpha value is -1.27. The second kappa shape index (κ2) is 13.5. The first-order valence-corrected chi connectivity index (χ1v) is 18.4. The Morgan fingerprint density at radius 2 is 1.60 bits per heavy atom. The van der Waals surface area contributed by atoms with Crippen molar-refractivity contribution >= 4 is 5.97 Å². The van der Waals surface area contributed by atoms with Gasteiger partial charge in [0.1, 0.15) is 49.3 Å². The first kappa shape index (κ1) is 37.1. The molecule has 2 saturated heterocycles. The summed E-state index contributed by atoms with van der Waals surface area (Å²) in [4.78, 5) is 11.9. The van der Waals surface area contributed by atoms with Crippen LogP contribution in [0.25, 0.3) is 0 Å². The molecule has 0 aromatic carbocycles. The van der Waals surface area contributed by atoms with E-state index >= 15 is 0 Å². The number of ether oxygens (including phenoxy) is 6. The van der Waals surface area contributed by atoms with Crippen LogP contribution in [-0.4, -0.2) is 141 Å². The molecule has 0 unspecified atom stereocenters. The molecule has 0 radical (unpaired) electrons. The van der Waals surface area contributed by atoms with Crippen molar-refractivity contribution in [1.29, 1.82) is 0 Å². The van der Waals surface area contributed by atoms with Crippen LogP contribution in [0.15, 0.2) is 11.6 Å². The van der Waals surface area contributed by atoms with Gasteiger partial charge in [0.2, 0.25) is 0 Å². The fourth-order valence-electron chi connectivity index (χ4n) is 11.6. The lowest BCUT2D eigenvalue weighted by atomic mass is 9.42. The van der Waals surface area contributed by atoms with Gasteiger partial charge in [-0.05, 0) is 86.5 Å². The topological polar surface area (TPSA) is 214 Å². The number of cyclic esters (lactones) is 1. The Morgan fingerprint density at radius 1 is 0.860 bits per heavy atom. The molecule has 0 spiro atoms. The molecular formula is C36H56O14. The third kappa shape index (κ3) is 5.63. The number of carbonyl (C=O) groups excluding carboxylic acids is 1. The van der Waals surface area contributed by atoms with E-state index in [9.17, 15) is 40.5 Å². The molecule has 14 nitrogen and oxygen atoms in total. The molecule has 19 atom stereocenters. The molecule has 6 fully saturated rings. The van der Waals surface area contributed by atoms with Gasteiger partial charge in [-0.15, -0.1) is 0 Å². The smallest absolute Gasteiger partial charge is 0.331 e. The second-order valence-corrected chi connectivity index (χ2v) is 16.6. The summed E-state index contributed by atoms with van der Waals surface area (Å²) in [5.41, 5.74) is -0.775. The number of rotatable bonds is 7. The maximum absolute atomic E-state index is 12.5. The molecule has 7 aliphatic rings. The maximum atomic E-state index is 12.5. The summed E-state index contributed by atoms with van der Waals surface area (Å²) in [7, 11) is 1.33. The summed E-state index contributed by atoms with van der Waals surface area (Å²) >= 11 is 0. The summed E-state index contributed by atoms with van der Waals surface area (Å²) in [5.74, 6) is -0.0371. The number of fused-ring (bicyclic) bond motifs is 5. The van der Waals surface area contributed by atoms with E-state index in [1.807, 2.05) is 0 Å². The fourth-order valence-corrected chi connectivity index (χ4v) is 11.6. The van der Waals surface area contributed by atoms with Crippen molar-refractivity contribution in [1.82, 2.24) is 0 Å². The summed E-state index contributed by atoms with van der Waals surface area (Å²) in [6.07, 6.45) is -6.71. The van der Waals surface area contributed by atoms with E-state index in [-0.39, 0.29) is 41.5 Å². The van der Waals surface area contributed by atoms with Crippen molar-refractivity contribution in [2.24, 2.45) is 34.5 Å². The highest BCUT2D eigenvalue weighted by atomic mass is 16.7. The van der Waals surface area contributed by atoms with Crippen LogP contribution in [0.4, 0.5) is 0 Å². The lowest BCUT2D eigenvalue weighted by Gasteiger charge is -2.64. The van der Waals surface area contributed by atoms with Crippen LogP contribution in [0.5, 0.6) is 0 Å². The normalized spacial score (nSPS) is 55.1. The monoisotopic (exact) mass is 712 g/mol. The number of hydrogen-bond acceptors (Lipinski definition) is 14. The summed E-state index contributed by atoms with van der Waals surface area (Å²) in [6.45, 7) is 5.60. The van der Waals surface area contributed by atoms with Gasteiger partial charge in [0.25, 0.3) is 0 Å². The van der Waals surface area contributed by atoms with Crippen LogP contribution in [0.1, 0.15) is 72.1 Å². The Balaban J connectivity index is 1.01. The molecule has 14 heteroatoms.